The van der Waals surface area contributed by atoms with Crippen molar-refractivity contribution in [2.75, 3.05) is 0 Å². The van der Waals surface area contributed by atoms with E-state index in [0.717, 1.165) is 0 Å². The van der Waals surface area contributed by atoms with Crippen LogP contribution in [0.5, 0.6) is 0 Å². The maximum atomic E-state index is 12.2. The lowest BCUT2D eigenvalue weighted by molar-refractivity contribution is -0.138. The van der Waals surface area contributed by atoms with E-state index in [0.29, 0.717) is 10.2 Å². The molecule has 1 aromatic rings. The third-order valence-corrected chi connectivity index (χ3v) is 3.29. The van der Waals surface area contributed by atoms with Gasteiger partial charge in [-0.15, -0.1) is 0 Å². The van der Waals surface area contributed by atoms with Crippen molar-refractivity contribution in [3.63, 3.8) is 0 Å². The number of alkyl halides is 3. The first-order valence-corrected chi connectivity index (χ1v) is 6.10. The number of hydrogen-bond donors (Lipinski definition) is 0. The lowest BCUT2D eigenvalue weighted by Gasteiger charge is -2.19. The zero-order valence-electron chi connectivity index (χ0n) is 9.71. The van der Waals surface area contributed by atoms with Gasteiger partial charge in [-0.05, 0) is 34.5 Å². The Morgan fingerprint density at radius 1 is 1.21 bits per heavy atom. The van der Waals surface area contributed by atoms with Gasteiger partial charge in [-0.2, -0.15) is 23.7 Å². The molecule has 0 aliphatic carbocycles. The van der Waals surface area contributed by atoms with Crippen LogP contribution in [0.2, 0.25) is 0 Å². The molecule has 0 fully saturated rings. The summed E-state index contributed by atoms with van der Waals surface area (Å²) in [4.78, 5) is 3.97. The summed E-state index contributed by atoms with van der Waals surface area (Å²) < 4.78 is 37.3. The fourth-order valence-electron chi connectivity index (χ4n) is 1.49. The van der Waals surface area contributed by atoms with Crippen molar-refractivity contribution >= 4 is 15.9 Å². The van der Waals surface area contributed by atoms with Gasteiger partial charge in [0.05, 0.1) is 17.8 Å². The van der Waals surface area contributed by atoms with Crippen LogP contribution in [0.3, 0.4) is 0 Å². The van der Waals surface area contributed by atoms with Gasteiger partial charge in [0.1, 0.15) is 5.41 Å². The van der Waals surface area contributed by atoms with E-state index in [1.54, 1.807) is 24.3 Å². The second-order valence-corrected chi connectivity index (χ2v) is 4.88. The highest BCUT2D eigenvalue weighted by Crippen LogP contribution is 2.34. The second kappa shape index (κ2) is 6.03. The number of rotatable bonds is 4. The standard InChI is InChI=1S/C12H9BrF3N3/c13-9-2-1-5-19-10(9)6-11(7-17,8-18)3-4-12(14,15)16/h1-2,5H,3-4,6H2. The molecule has 0 radical (unpaired) electrons. The first-order chi connectivity index (χ1) is 8.82. The SMILES string of the molecule is N#CC(C#N)(CCC(F)(F)F)Cc1ncccc1Br. The average molecular weight is 332 g/mol. The molecule has 100 valence electrons. The molecule has 0 aliphatic heterocycles. The Kier molecular flexibility index (Phi) is 4.90. The largest absolute Gasteiger partial charge is 0.389 e. The Bertz CT molecular complexity index is 514. The van der Waals surface area contributed by atoms with Gasteiger partial charge < -0.3 is 0 Å². The van der Waals surface area contributed by atoms with Crippen LogP contribution in [0.4, 0.5) is 13.2 Å². The van der Waals surface area contributed by atoms with Crippen LogP contribution in [0.15, 0.2) is 22.8 Å². The molecule has 0 spiro atoms. The summed E-state index contributed by atoms with van der Waals surface area (Å²) in [7, 11) is 0. The first kappa shape index (κ1) is 15.5. The van der Waals surface area contributed by atoms with Gasteiger partial charge >= 0.3 is 6.18 Å². The minimum Gasteiger partial charge on any atom is -0.260 e. The van der Waals surface area contributed by atoms with E-state index in [9.17, 15) is 13.2 Å². The van der Waals surface area contributed by atoms with Gasteiger partial charge in [-0.3, -0.25) is 4.98 Å². The molecular formula is C12H9BrF3N3. The topological polar surface area (TPSA) is 60.5 Å². The molecule has 0 aliphatic rings. The molecule has 7 heteroatoms. The molecule has 0 aromatic carbocycles. The van der Waals surface area contributed by atoms with Crippen LogP contribution >= 0.6 is 15.9 Å². The summed E-state index contributed by atoms with van der Waals surface area (Å²) in [5, 5.41) is 18.1. The van der Waals surface area contributed by atoms with Crippen LogP contribution in [0, 0.1) is 28.1 Å². The normalized spacial score (nSPS) is 11.7. The van der Waals surface area contributed by atoms with Crippen molar-refractivity contribution in [3.05, 3.63) is 28.5 Å². The fourth-order valence-corrected chi connectivity index (χ4v) is 1.89. The molecule has 1 rings (SSSR count). The van der Waals surface area contributed by atoms with E-state index in [4.69, 9.17) is 10.5 Å². The minimum absolute atomic E-state index is 0.141. The summed E-state index contributed by atoms with van der Waals surface area (Å²) in [6, 6.07) is 6.68. The van der Waals surface area contributed by atoms with Gasteiger partial charge in [0.15, 0.2) is 0 Å². The molecular weight excluding hydrogens is 323 g/mol. The van der Waals surface area contributed by atoms with Gasteiger partial charge in [0, 0.05) is 23.5 Å². The minimum atomic E-state index is -4.39. The zero-order valence-corrected chi connectivity index (χ0v) is 11.3. The predicted molar refractivity (Wildman–Crippen MR) is 64.6 cm³/mol. The molecule has 1 aromatic heterocycles. The number of aromatic nitrogens is 1. The Morgan fingerprint density at radius 2 is 1.84 bits per heavy atom. The first-order valence-electron chi connectivity index (χ1n) is 5.30. The van der Waals surface area contributed by atoms with E-state index in [2.05, 4.69) is 20.9 Å². The molecule has 19 heavy (non-hydrogen) atoms. The van der Waals surface area contributed by atoms with Crippen molar-refractivity contribution < 1.29 is 13.2 Å². The van der Waals surface area contributed by atoms with Crippen LogP contribution < -0.4 is 0 Å². The molecule has 0 unspecified atom stereocenters. The zero-order chi connectivity index (χ0) is 14.5. The summed E-state index contributed by atoms with van der Waals surface area (Å²) in [5.74, 6) is 0. The van der Waals surface area contributed by atoms with Crippen molar-refractivity contribution in [3.8, 4) is 12.1 Å². The number of halogens is 4. The Morgan fingerprint density at radius 3 is 2.32 bits per heavy atom. The van der Waals surface area contributed by atoms with Crippen LogP contribution in [-0.4, -0.2) is 11.2 Å². The smallest absolute Gasteiger partial charge is 0.260 e. The van der Waals surface area contributed by atoms with Crippen molar-refractivity contribution in [1.29, 1.82) is 10.5 Å². The highest BCUT2D eigenvalue weighted by molar-refractivity contribution is 9.10. The summed E-state index contributed by atoms with van der Waals surface area (Å²) >= 11 is 3.19. The fraction of sp³-hybridized carbons (Fsp3) is 0.417. The Labute approximate surface area is 116 Å². The molecule has 0 N–H and O–H groups in total. The molecule has 0 saturated carbocycles. The van der Waals surface area contributed by atoms with Gasteiger partial charge in [0.2, 0.25) is 0 Å². The highest BCUT2D eigenvalue weighted by Gasteiger charge is 2.37. The van der Waals surface area contributed by atoms with Crippen LogP contribution in [0.25, 0.3) is 0 Å². The van der Waals surface area contributed by atoms with Crippen molar-refractivity contribution in [1.82, 2.24) is 4.98 Å². The van der Waals surface area contributed by atoms with E-state index < -0.39 is 24.4 Å². The van der Waals surface area contributed by atoms with E-state index in [1.807, 2.05) is 0 Å². The monoisotopic (exact) mass is 331 g/mol. The lowest BCUT2D eigenvalue weighted by Crippen LogP contribution is -2.23. The summed E-state index contributed by atoms with van der Waals surface area (Å²) in [6.07, 6.45) is -4.80. The number of nitriles is 2. The Hall–Kier alpha value is -1.60. The van der Waals surface area contributed by atoms with Crippen molar-refractivity contribution in [2.24, 2.45) is 5.41 Å². The van der Waals surface area contributed by atoms with E-state index in [-0.39, 0.29) is 6.42 Å². The van der Waals surface area contributed by atoms with E-state index >= 15 is 0 Å². The average Bonchev–Trinajstić information content (AvgIpc) is 2.36. The molecule has 0 atom stereocenters. The summed E-state index contributed by atoms with van der Waals surface area (Å²) in [5.41, 5.74) is -1.32. The highest BCUT2D eigenvalue weighted by atomic mass is 79.9. The van der Waals surface area contributed by atoms with Crippen molar-refractivity contribution in [2.45, 2.75) is 25.4 Å². The molecule has 0 saturated heterocycles. The van der Waals surface area contributed by atoms with Crippen LogP contribution in [0.1, 0.15) is 18.5 Å². The maximum absolute atomic E-state index is 12.2. The molecule has 0 amide bonds. The number of hydrogen-bond acceptors (Lipinski definition) is 3. The van der Waals surface area contributed by atoms with Crippen LogP contribution in [-0.2, 0) is 6.42 Å². The number of pyridine rings is 1. The number of nitrogens with zero attached hydrogens (tertiary/aromatic N) is 3. The molecule has 0 bridgehead atoms. The van der Waals surface area contributed by atoms with Gasteiger partial charge in [-0.1, -0.05) is 0 Å². The lowest BCUT2D eigenvalue weighted by atomic mass is 9.81. The maximum Gasteiger partial charge on any atom is 0.389 e. The third-order valence-electron chi connectivity index (χ3n) is 2.57. The molecule has 1 heterocycles. The Balaban J connectivity index is 2.93. The second-order valence-electron chi connectivity index (χ2n) is 4.03. The van der Waals surface area contributed by atoms with Gasteiger partial charge in [-0.25, -0.2) is 0 Å². The predicted octanol–water partition coefficient (Wildman–Crippen LogP) is 3.76. The van der Waals surface area contributed by atoms with Gasteiger partial charge in [0.25, 0.3) is 0 Å². The summed E-state index contributed by atoms with van der Waals surface area (Å²) in [6.45, 7) is 0. The van der Waals surface area contributed by atoms with E-state index in [1.165, 1.54) is 6.20 Å². The molecule has 3 nitrogen and oxygen atoms in total. The quantitative estimate of drug-likeness (QED) is 0.843. The third kappa shape index (κ3) is 4.53.